The summed E-state index contributed by atoms with van der Waals surface area (Å²) < 4.78 is 1.20. The molecule has 0 saturated heterocycles. The molecule has 1 aliphatic rings. The van der Waals surface area contributed by atoms with E-state index in [1.54, 1.807) is 17.4 Å². The second-order valence-electron chi connectivity index (χ2n) is 13.5. The third-order valence-electron chi connectivity index (χ3n) is 10.2. The fraction of sp³-hybridized carbons (Fsp3) is 0.0400. The van der Waals surface area contributed by atoms with Crippen molar-refractivity contribution >= 4 is 49.3 Å². The van der Waals surface area contributed by atoms with Crippen LogP contribution in [0.25, 0.3) is 65.5 Å². The summed E-state index contributed by atoms with van der Waals surface area (Å²) in [7, 11) is 1.85. The van der Waals surface area contributed by atoms with Gasteiger partial charge >= 0.3 is 0 Å². The summed E-state index contributed by atoms with van der Waals surface area (Å²) in [6, 6.07) is 50.2. The largest absolute Gasteiger partial charge is 0.354 e. The Labute approximate surface area is 320 Å². The molecular formula is C50H37N3S. The molecule has 0 saturated carbocycles. The van der Waals surface area contributed by atoms with E-state index in [0.717, 1.165) is 61.7 Å². The lowest BCUT2D eigenvalue weighted by Gasteiger charge is -2.16. The van der Waals surface area contributed by atoms with Crippen molar-refractivity contribution in [2.45, 2.75) is 6.42 Å². The van der Waals surface area contributed by atoms with Gasteiger partial charge in [0.25, 0.3) is 0 Å². The molecule has 1 aliphatic carbocycles. The van der Waals surface area contributed by atoms with Crippen LogP contribution >= 0.6 is 11.3 Å². The first-order valence-electron chi connectivity index (χ1n) is 18.2. The lowest BCUT2D eigenvalue weighted by Crippen LogP contribution is -2.00. The molecule has 9 rings (SSSR count). The Kier molecular flexibility index (Phi) is 8.88. The zero-order chi connectivity index (χ0) is 36.4. The number of anilines is 2. The average molecular weight is 712 g/mol. The van der Waals surface area contributed by atoms with Gasteiger partial charge in [0.05, 0.1) is 22.0 Å². The van der Waals surface area contributed by atoms with Crippen molar-refractivity contribution in [1.82, 2.24) is 4.98 Å². The molecular weight excluding hydrogens is 675 g/mol. The molecule has 0 aliphatic heterocycles. The maximum Gasteiger partial charge on any atom is 0.0770 e. The minimum atomic E-state index is 0.913. The lowest BCUT2D eigenvalue weighted by molar-refractivity contribution is 1.26. The molecule has 0 fully saturated rings. The zero-order valence-electron chi connectivity index (χ0n) is 30.0. The van der Waals surface area contributed by atoms with Crippen LogP contribution in [0.5, 0.6) is 0 Å². The van der Waals surface area contributed by atoms with E-state index in [9.17, 15) is 0 Å². The van der Waals surface area contributed by atoms with E-state index in [0.29, 0.717) is 0 Å². The van der Waals surface area contributed by atoms with Gasteiger partial charge in [-0.2, -0.15) is 0 Å². The number of pyridine rings is 1. The Bertz CT molecular complexity index is 2800. The van der Waals surface area contributed by atoms with Gasteiger partial charge in [-0.05, 0) is 98.6 Å². The average Bonchev–Trinajstić information content (AvgIpc) is 3.79. The van der Waals surface area contributed by atoms with E-state index >= 15 is 0 Å². The molecule has 0 amide bonds. The van der Waals surface area contributed by atoms with E-state index in [2.05, 4.69) is 157 Å². The summed E-state index contributed by atoms with van der Waals surface area (Å²) in [4.78, 5) is 10.8. The Morgan fingerprint density at radius 2 is 1.46 bits per heavy atom. The highest BCUT2D eigenvalue weighted by Gasteiger charge is 2.22. The molecule has 6 aromatic carbocycles. The van der Waals surface area contributed by atoms with Crippen molar-refractivity contribution in [3.05, 3.63) is 199 Å². The number of allylic oxidation sites excluding steroid dienone is 5. The van der Waals surface area contributed by atoms with Crippen LogP contribution in [0, 0.1) is 0 Å². The van der Waals surface area contributed by atoms with Crippen molar-refractivity contribution in [2.75, 3.05) is 12.4 Å². The van der Waals surface area contributed by atoms with E-state index in [-0.39, 0.29) is 0 Å². The van der Waals surface area contributed by atoms with Crippen molar-refractivity contribution in [3.8, 4) is 44.6 Å². The Morgan fingerprint density at radius 3 is 2.33 bits per heavy atom. The van der Waals surface area contributed by atoms with Gasteiger partial charge in [0, 0.05) is 40.1 Å². The summed E-state index contributed by atoms with van der Waals surface area (Å²) in [5.41, 5.74) is 15.0. The number of fused-ring (bicyclic) bond motifs is 5. The SMILES string of the molecule is C=C/C=C\C=CC(=NC)c1sc2ccccc2c1Nc1cc(-c2ccc(-c3ccc4ccccc4c3)nc2)cc(-c2cccc3c2Cc2ccccc2-3)c1. The minimum absolute atomic E-state index is 0.913. The van der Waals surface area contributed by atoms with E-state index in [1.807, 2.05) is 31.5 Å². The maximum absolute atomic E-state index is 5.00. The van der Waals surface area contributed by atoms with Crippen LogP contribution in [0.3, 0.4) is 0 Å². The third-order valence-corrected chi connectivity index (χ3v) is 11.4. The van der Waals surface area contributed by atoms with Gasteiger partial charge in [0.1, 0.15) is 0 Å². The smallest absolute Gasteiger partial charge is 0.0770 e. The second-order valence-corrected chi connectivity index (χ2v) is 14.5. The fourth-order valence-electron chi connectivity index (χ4n) is 7.57. The number of nitrogens with zero attached hydrogens (tertiary/aromatic N) is 2. The highest BCUT2D eigenvalue weighted by atomic mass is 32.1. The molecule has 3 nitrogen and oxygen atoms in total. The number of aromatic nitrogens is 1. The third kappa shape index (κ3) is 6.27. The molecule has 2 aromatic heterocycles. The Hall–Kier alpha value is -6.62. The number of benzene rings is 6. The first-order chi connectivity index (χ1) is 26.7. The van der Waals surface area contributed by atoms with Gasteiger partial charge in [0.15, 0.2) is 0 Å². The number of aliphatic imine (C=N–C) groups is 1. The highest BCUT2D eigenvalue weighted by molar-refractivity contribution is 7.21. The fourth-order valence-corrected chi connectivity index (χ4v) is 8.74. The number of rotatable bonds is 9. The van der Waals surface area contributed by atoms with Crippen LogP contribution in [0.1, 0.15) is 16.0 Å². The van der Waals surface area contributed by atoms with Gasteiger partial charge in [-0.1, -0.05) is 134 Å². The van der Waals surface area contributed by atoms with Crippen LogP contribution in [0.4, 0.5) is 11.4 Å². The van der Waals surface area contributed by atoms with Crippen molar-refractivity contribution in [2.24, 2.45) is 4.99 Å². The predicted molar refractivity (Wildman–Crippen MR) is 232 cm³/mol. The van der Waals surface area contributed by atoms with Crippen LogP contribution < -0.4 is 5.32 Å². The van der Waals surface area contributed by atoms with Crippen molar-refractivity contribution in [1.29, 1.82) is 0 Å². The number of nitrogens with one attached hydrogen (secondary N) is 1. The Morgan fingerprint density at radius 1 is 0.685 bits per heavy atom. The first-order valence-corrected chi connectivity index (χ1v) is 19.0. The topological polar surface area (TPSA) is 37.3 Å². The van der Waals surface area contributed by atoms with Crippen molar-refractivity contribution in [3.63, 3.8) is 0 Å². The van der Waals surface area contributed by atoms with Crippen LogP contribution in [-0.2, 0) is 6.42 Å². The molecule has 1 N–H and O–H groups in total. The summed E-state index contributed by atoms with van der Waals surface area (Å²) in [5.74, 6) is 0. The van der Waals surface area contributed by atoms with Gasteiger partial charge in [-0.25, -0.2) is 0 Å². The standard InChI is InChI=1S/C50H37N3S/c1-3-4-5-6-21-47(51-2)50-49(44-18-11-12-22-48(44)54-50)53-40-29-38(37-25-26-46(52-32-37)36-24-23-33-14-7-8-15-34(33)27-36)28-39(30-40)42-19-13-20-43-41-17-10-9-16-35(41)31-45(42)43/h3-30,32,53H,1,31H2,2H3/b5-4-,21-6?,51-47?. The molecule has 0 atom stereocenters. The second kappa shape index (κ2) is 14.4. The predicted octanol–water partition coefficient (Wildman–Crippen LogP) is 13.5. The molecule has 2 heterocycles. The monoisotopic (exact) mass is 711 g/mol. The van der Waals surface area contributed by atoms with E-state index in [1.165, 1.54) is 43.3 Å². The number of hydrogen-bond acceptors (Lipinski definition) is 4. The molecule has 258 valence electrons. The molecule has 4 heteroatoms. The molecule has 8 aromatic rings. The minimum Gasteiger partial charge on any atom is -0.354 e. The van der Waals surface area contributed by atoms with Crippen LogP contribution in [-0.4, -0.2) is 17.7 Å². The van der Waals surface area contributed by atoms with Gasteiger partial charge in [-0.3, -0.25) is 9.98 Å². The molecule has 0 radical (unpaired) electrons. The van der Waals surface area contributed by atoms with E-state index in [4.69, 9.17) is 9.98 Å². The highest BCUT2D eigenvalue weighted by Crippen LogP contribution is 2.44. The maximum atomic E-state index is 5.00. The first kappa shape index (κ1) is 33.2. The van der Waals surface area contributed by atoms with Crippen molar-refractivity contribution < 1.29 is 0 Å². The molecule has 0 bridgehead atoms. The lowest BCUT2D eigenvalue weighted by atomic mass is 9.93. The summed E-state index contributed by atoms with van der Waals surface area (Å²) in [6.45, 7) is 3.80. The summed E-state index contributed by atoms with van der Waals surface area (Å²) in [6.07, 6.45) is 12.7. The van der Waals surface area contributed by atoms with Gasteiger partial charge in [0.2, 0.25) is 0 Å². The van der Waals surface area contributed by atoms with Gasteiger partial charge in [-0.15, -0.1) is 11.3 Å². The summed E-state index contributed by atoms with van der Waals surface area (Å²) >= 11 is 1.75. The zero-order valence-corrected chi connectivity index (χ0v) is 30.8. The normalized spacial score (nSPS) is 12.5. The van der Waals surface area contributed by atoms with Crippen LogP contribution in [0.15, 0.2) is 188 Å². The molecule has 54 heavy (non-hydrogen) atoms. The number of hydrogen-bond donors (Lipinski definition) is 1. The Balaban J connectivity index is 1.17. The quantitative estimate of drug-likeness (QED) is 0.120. The molecule has 0 spiro atoms. The summed E-state index contributed by atoms with van der Waals surface area (Å²) in [5, 5.41) is 7.51. The number of thiophene rings is 1. The van der Waals surface area contributed by atoms with Gasteiger partial charge < -0.3 is 5.32 Å². The molecule has 0 unspecified atom stereocenters. The van der Waals surface area contributed by atoms with Crippen LogP contribution in [0.2, 0.25) is 0 Å². The van der Waals surface area contributed by atoms with E-state index < -0.39 is 0 Å².